The fourth-order valence-corrected chi connectivity index (χ4v) is 3.80. The van der Waals surface area contributed by atoms with E-state index < -0.39 is 0 Å². The SMILES string of the molecule is COc1ccc(NC(=O)c2sc(=S)n(-c3ccc(Cl)c(C)c3)c2N)cc1. The molecule has 134 valence electrons. The van der Waals surface area contributed by atoms with Crippen LogP contribution in [0.3, 0.4) is 0 Å². The molecule has 1 amide bonds. The molecule has 0 atom stereocenters. The number of methoxy groups -OCH3 is 1. The number of amides is 1. The third-order valence-corrected chi connectivity index (χ3v) is 5.61. The predicted octanol–water partition coefficient (Wildman–Crippen LogP) is 5.07. The lowest BCUT2D eigenvalue weighted by Crippen LogP contribution is -2.13. The molecule has 1 heterocycles. The third kappa shape index (κ3) is 3.60. The minimum atomic E-state index is -0.312. The standard InChI is InChI=1S/C18H16ClN3O2S2/c1-10-9-12(5-8-14(10)19)22-16(20)15(26-18(22)25)17(23)21-11-3-6-13(24-2)7-4-11/h3-9H,20H2,1-2H3,(H,21,23). The molecule has 0 unspecified atom stereocenters. The summed E-state index contributed by atoms with van der Waals surface area (Å²) >= 11 is 12.6. The van der Waals surface area contributed by atoms with E-state index in [4.69, 9.17) is 34.3 Å². The Labute approximate surface area is 165 Å². The Morgan fingerprint density at radius 1 is 1.27 bits per heavy atom. The summed E-state index contributed by atoms with van der Waals surface area (Å²) < 4.78 is 7.27. The molecule has 0 radical (unpaired) electrons. The van der Waals surface area contributed by atoms with Gasteiger partial charge in [-0.15, -0.1) is 0 Å². The molecule has 26 heavy (non-hydrogen) atoms. The van der Waals surface area contributed by atoms with Gasteiger partial charge in [-0.1, -0.05) is 22.9 Å². The molecule has 0 aliphatic carbocycles. The minimum Gasteiger partial charge on any atom is -0.497 e. The number of nitrogens with zero attached hydrogens (tertiary/aromatic N) is 1. The van der Waals surface area contributed by atoms with Gasteiger partial charge in [-0.3, -0.25) is 9.36 Å². The number of benzene rings is 2. The van der Waals surface area contributed by atoms with Gasteiger partial charge in [-0.05, 0) is 67.2 Å². The molecule has 0 fully saturated rings. The number of hydrogen-bond donors (Lipinski definition) is 2. The Bertz CT molecular complexity index is 1030. The van der Waals surface area contributed by atoms with E-state index in [-0.39, 0.29) is 5.91 Å². The topological polar surface area (TPSA) is 69.3 Å². The summed E-state index contributed by atoms with van der Waals surface area (Å²) in [5.74, 6) is 0.698. The fraction of sp³-hybridized carbons (Fsp3) is 0.111. The number of nitrogen functional groups attached to an aromatic ring is 1. The van der Waals surface area contributed by atoms with Crippen LogP contribution < -0.4 is 15.8 Å². The average molecular weight is 406 g/mol. The van der Waals surface area contributed by atoms with E-state index in [1.807, 2.05) is 19.1 Å². The Morgan fingerprint density at radius 2 is 1.96 bits per heavy atom. The molecule has 0 saturated heterocycles. The van der Waals surface area contributed by atoms with Crippen LogP contribution in [0.1, 0.15) is 15.2 Å². The van der Waals surface area contributed by atoms with Gasteiger partial charge in [-0.2, -0.15) is 0 Å². The summed E-state index contributed by atoms with van der Waals surface area (Å²) in [7, 11) is 1.59. The molecule has 3 aromatic rings. The quantitative estimate of drug-likeness (QED) is 0.594. The van der Waals surface area contributed by atoms with Crippen LogP contribution in [0, 0.1) is 10.9 Å². The van der Waals surface area contributed by atoms with Crippen molar-refractivity contribution in [3.05, 3.63) is 61.9 Å². The van der Waals surface area contributed by atoms with Crippen LogP contribution in [0.25, 0.3) is 5.69 Å². The van der Waals surface area contributed by atoms with Crippen molar-refractivity contribution >= 4 is 52.6 Å². The van der Waals surface area contributed by atoms with Crippen LogP contribution in [-0.4, -0.2) is 17.6 Å². The Morgan fingerprint density at radius 3 is 2.58 bits per heavy atom. The maximum Gasteiger partial charge on any atom is 0.269 e. The van der Waals surface area contributed by atoms with Gasteiger partial charge in [0.1, 0.15) is 16.4 Å². The summed E-state index contributed by atoms with van der Waals surface area (Å²) in [6.07, 6.45) is 0. The number of halogens is 1. The van der Waals surface area contributed by atoms with Crippen LogP contribution in [-0.2, 0) is 0 Å². The molecule has 1 aromatic heterocycles. The Kier molecular flexibility index (Phi) is 5.31. The number of carbonyl (C=O) groups is 1. The average Bonchev–Trinajstić information content (AvgIpc) is 2.93. The number of rotatable bonds is 4. The second-order valence-corrected chi connectivity index (χ2v) is 7.59. The zero-order valence-corrected chi connectivity index (χ0v) is 16.5. The van der Waals surface area contributed by atoms with E-state index in [1.54, 1.807) is 42.0 Å². The number of hydrogen-bond acceptors (Lipinski definition) is 5. The second kappa shape index (κ2) is 7.49. The Balaban J connectivity index is 1.92. The largest absolute Gasteiger partial charge is 0.497 e. The summed E-state index contributed by atoms with van der Waals surface area (Å²) in [5, 5.41) is 3.48. The van der Waals surface area contributed by atoms with E-state index in [2.05, 4.69) is 5.32 Å². The van der Waals surface area contributed by atoms with E-state index in [9.17, 15) is 4.79 Å². The summed E-state index contributed by atoms with van der Waals surface area (Å²) in [4.78, 5) is 13.0. The number of nitrogens with one attached hydrogen (secondary N) is 1. The van der Waals surface area contributed by atoms with Gasteiger partial charge in [0.15, 0.2) is 3.95 Å². The molecule has 8 heteroatoms. The van der Waals surface area contributed by atoms with Gasteiger partial charge in [0, 0.05) is 16.4 Å². The zero-order chi connectivity index (χ0) is 18.8. The number of carbonyl (C=O) groups excluding carboxylic acids is 1. The summed E-state index contributed by atoms with van der Waals surface area (Å²) in [6, 6.07) is 12.5. The first kappa shape index (κ1) is 18.4. The highest BCUT2D eigenvalue weighted by molar-refractivity contribution is 7.73. The van der Waals surface area contributed by atoms with Gasteiger partial charge < -0.3 is 15.8 Å². The lowest BCUT2D eigenvalue weighted by Gasteiger charge is -2.09. The van der Waals surface area contributed by atoms with Crippen molar-refractivity contribution in [1.29, 1.82) is 0 Å². The molecule has 3 rings (SSSR count). The molecule has 3 N–H and O–H groups in total. The monoisotopic (exact) mass is 405 g/mol. The number of aryl methyl sites for hydroxylation is 1. The highest BCUT2D eigenvalue weighted by atomic mass is 35.5. The smallest absolute Gasteiger partial charge is 0.269 e. The van der Waals surface area contributed by atoms with Crippen molar-refractivity contribution in [2.24, 2.45) is 0 Å². The molecule has 0 aliphatic heterocycles. The van der Waals surface area contributed by atoms with Crippen LogP contribution in [0.2, 0.25) is 5.02 Å². The molecule has 2 aromatic carbocycles. The summed E-state index contributed by atoms with van der Waals surface area (Å²) in [6.45, 7) is 1.90. The van der Waals surface area contributed by atoms with Crippen LogP contribution in [0.15, 0.2) is 42.5 Å². The Hall–Kier alpha value is -2.35. The van der Waals surface area contributed by atoms with Crippen LogP contribution in [0.5, 0.6) is 5.75 Å². The number of aromatic nitrogens is 1. The van der Waals surface area contributed by atoms with Crippen LogP contribution in [0.4, 0.5) is 11.5 Å². The van der Waals surface area contributed by atoms with Crippen molar-refractivity contribution in [2.75, 3.05) is 18.2 Å². The maximum atomic E-state index is 12.6. The highest BCUT2D eigenvalue weighted by Gasteiger charge is 2.18. The highest BCUT2D eigenvalue weighted by Crippen LogP contribution is 2.29. The molecule has 0 bridgehead atoms. The number of thiazole rings is 1. The normalized spacial score (nSPS) is 10.6. The number of ether oxygens (including phenoxy) is 1. The fourth-order valence-electron chi connectivity index (χ4n) is 2.42. The van der Waals surface area contributed by atoms with E-state index in [1.165, 1.54) is 0 Å². The molecular weight excluding hydrogens is 390 g/mol. The van der Waals surface area contributed by atoms with Crippen LogP contribution >= 0.6 is 35.2 Å². The second-order valence-electron chi connectivity index (χ2n) is 5.53. The van der Waals surface area contributed by atoms with Gasteiger partial charge in [0.2, 0.25) is 0 Å². The molecular formula is C18H16ClN3O2S2. The van der Waals surface area contributed by atoms with Crippen molar-refractivity contribution in [3.8, 4) is 11.4 Å². The van der Waals surface area contributed by atoms with E-state index in [0.29, 0.717) is 31.1 Å². The van der Waals surface area contributed by atoms with E-state index in [0.717, 1.165) is 22.6 Å². The van der Waals surface area contributed by atoms with Gasteiger partial charge in [0.05, 0.1) is 7.11 Å². The lowest BCUT2D eigenvalue weighted by molar-refractivity contribution is 0.103. The number of anilines is 2. The minimum absolute atomic E-state index is 0.299. The van der Waals surface area contributed by atoms with E-state index >= 15 is 0 Å². The summed E-state index contributed by atoms with van der Waals surface area (Å²) in [5.41, 5.74) is 8.54. The van der Waals surface area contributed by atoms with Crippen molar-refractivity contribution in [3.63, 3.8) is 0 Å². The molecule has 0 aliphatic rings. The van der Waals surface area contributed by atoms with Gasteiger partial charge >= 0.3 is 0 Å². The first-order chi connectivity index (χ1) is 12.4. The van der Waals surface area contributed by atoms with Crippen molar-refractivity contribution in [2.45, 2.75) is 6.92 Å². The maximum absolute atomic E-state index is 12.6. The van der Waals surface area contributed by atoms with Crippen molar-refractivity contribution < 1.29 is 9.53 Å². The zero-order valence-electron chi connectivity index (χ0n) is 14.1. The predicted molar refractivity (Wildman–Crippen MR) is 110 cm³/mol. The molecule has 0 saturated carbocycles. The van der Waals surface area contributed by atoms with Gasteiger partial charge in [-0.25, -0.2) is 0 Å². The van der Waals surface area contributed by atoms with Crippen molar-refractivity contribution in [1.82, 2.24) is 4.57 Å². The lowest BCUT2D eigenvalue weighted by atomic mass is 10.2. The molecule has 5 nitrogen and oxygen atoms in total. The first-order valence-electron chi connectivity index (χ1n) is 7.64. The first-order valence-corrected chi connectivity index (χ1v) is 9.24. The molecule has 0 spiro atoms. The van der Waals surface area contributed by atoms with Gasteiger partial charge in [0.25, 0.3) is 5.91 Å². The third-order valence-electron chi connectivity index (χ3n) is 3.80. The number of nitrogens with two attached hydrogens (primary N) is 1.